The van der Waals surface area contributed by atoms with E-state index in [0.717, 1.165) is 30.7 Å². The van der Waals surface area contributed by atoms with Gasteiger partial charge in [0.2, 0.25) is 11.9 Å². The van der Waals surface area contributed by atoms with E-state index in [1.165, 1.54) is 11.8 Å². The molecule has 0 aliphatic carbocycles. The summed E-state index contributed by atoms with van der Waals surface area (Å²) in [5.74, 6) is 0.828. The van der Waals surface area contributed by atoms with Crippen molar-refractivity contribution in [3.8, 4) is 6.07 Å². The fraction of sp³-hybridized carbons (Fsp3) is 0.733. The van der Waals surface area contributed by atoms with E-state index in [9.17, 15) is 4.79 Å². The van der Waals surface area contributed by atoms with E-state index >= 15 is 0 Å². The molecular weight excluding hydrogens is 328 g/mol. The quantitative estimate of drug-likeness (QED) is 0.676. The Bertz CT molecular complexity index is 593. The Morgan fingerprint density at radius 1 is 1.46 bits per heavy atom. The Balaban J connectivity index is 2.05. The van der Waals surface area contributed by atoms with Crippen molar-refractivity contribution >= 4 is 23.6 Å². The molecule has 0 spiro atoms. The Kier molecular flexibility index (Phi) is 6.87. The second kappa shape index (κ2) is 8.89. The summed E-state index contributed by atoms with van der Waals surface area (Å²) in [5.41, 5.74) is 0. The van der Waals surface area contributed by atoms with Gasteiger partial charge in [-0.25, -0.2) is 0 Å². The lowest BCUT2D eigenvalue weighted by Gasteiger charge is -2.27. The van der Waals surface area contributed by atoms with Gasteiger partial charge in [-0.3, -0.25) is 9.36 Å². The molecule has 1 atom stereocenters. The van der Waals surface area contributed by atoms with Crippen molar-refractivity contribution in [2.75, 3.05) is 44.8 Å². The van der Waals surface area contributed by atoms with Crippen LogP contribution in [-0.4, -0.2) is 70.7 Å². The number of amides is 1. The zero-order valence-corrected chi connectivity index (χ0v) is 15.3. The standard InChI is InChI=1S/C15H24N6O2S/c1-4-21-14(20-8-10-23-11-9-20)17-18-15(21)24-12(2)13(22)19(3)7-5-6-16/h12H,4-5,7-11H2,1-3H3/t12-/m0/s1. The van der Waals surface area contributed by atoms with E-state index in [-0.39, 0.29) is 11.2 Å². The smallest absolute Gasteiger partial charge is 0.235 e. The third kappa shape index (κ3) is 4.39. The number of anilines is 1. The number of rotatable bonds is 7. The van der Waals surface area contributed by atoms with Gasteiger partial charge in [0.1, 0.15) is 0 Å². The lowest BCUT2D eigenvalue weighted by molar-refractivity contribution is -0.128. The van der Waals surface area contributed by atoms with Crippen LogP contribution < -0.4 is 4.90 Å². The number of carbonyl (C=O) groups excluding carboxylic acids is 1. The zero-order chi connectivity index (χ0) is 17.5. The number of thioether (sulfide) groups is 1. The number of nitriles is 1. The maximum absolute atomic E-state index is 12.4. The number of ether oxygens (including phenoxy) is 1. The Hall–Kier alpha value is -1.79. The van der Waals surface area contributed by atoms with Crippen LogP contribution in [0.2, 0.25) is 0 Å². The van der Waals surface area contributed by atoms with Gasteiger partial charge in [0, 0.05) is 33.2 Å². The second-order valence-electron chi connectivity index (χ2n) is 5.55. The molecule has 0 radical (unpaired) electrons. The van der Waals surface area contributed by atoms with Crippen LogP contribution in [0.25, 0.3) is 0 Å². The number of hydrogen-bond acceptors (Lipinski definition) is 7. The highest BCUT2D eigenvalue weighted by atomic mass is 32.2. The Labute approximate surface area is 146 Å². The van der Waals surface area contributed by atoms with Crippen molar-refractivity contribution in [2.45, 2.75) is 37.2 Å². The molecule has 1 aliphatic heterocycles. The number of nitrogens with zero attached hydrogens (tertiary/aromatic N) is 6. The van der Waals surface area contributed by atoms with Crippen molar-refractivity contribution in [1.82, 2.24) is 19.7 Å². The molecule has 8 nitrogen and oxygen atoms in total. The summed E-state index contributed by atoms with van der Waals surface area (Å²) >= 11 is 1.41. The first-order valence-electron chi connectivity index (χ1n) is 8.13. The van der Waals surface area contributed by atoms with Gasteiger partial charge in [0.05, 0.1) is 31.0 Å². The van der Waals surface area contributed by atoms with Gasteiger partial charge in [-0.15, -0.1) is 10.2 Å². The predicted molar refractivity (Wildman–Crippen MR) is 91.9 cm³/mol. The summed E-state index contributed by atoms with van der Waals surface area (Å²) in [6.07, 6.45) is 0.339. The van der Waals surface area contributed by atoms with Gasteiger partial charge in [-0.2, -0.15) is 5.26 Å². The van der Waals surface area contributed by atoms with E-state index in [2.05, 4.69) is 21.2 Å². The summed E-state index contributed by atoms with van der Waals surface area (Å²) in [6.45, 7) is 8.08. The van der Waals surface area contributed by atoms with Crippen molar-refractivity contribution < 1.29 is 9.53 Å². The minimum Gasteiger partial charge on any atom is -0.378 e. The second-order valence-corrected chi connectivity index (χ2v) is 6.86. The normalized spacial score (nSPS) is 15.8. The minimum absolute atomic E-state index is 0.00572. The van der Waals surface area contributed by atoms with E-state index < -0.39 is 0 Å². The highest BCUT2D eigenvalue weighted by Gasteiger charge is 2.24. The first kappa shape index (κ1) is 18.5. The molecule has 1 saturated heterocycles. The molecule has 24 heavy (non-hydrogen) atoms. The molecule has 1 amide bonds. The molecule has 1 aromatic heterocycles. The molecule has 1 aliphatic rings. The highest BCUT2D eigenvalue weighted by molar-refractivity contribution is 8.00. The SMILES string of the molecule is CCn1c(S[C@@H](C)C(=O)N(C)CCC#N)nnc1N1CCOCC1. The van der Waals surface area contributed by atoms with Gasteiger partial charge in [-0.1, -0.05) is 11.8 Å². The lowest BCUT2D eigenvalue weighted by Crippen LogP contribution is -2.38. The summed E-state index contributed by atoms with van der Waals surface area (Å²) in [6, 6.07) is 2.06. The van der Waals surface area contributed by atoms with Gasteiger partial charge in [-0.05, 0) is 13.8 Å². The van der Waals surface area contributed by atoms with Crippen LogP contribution in [0.1, 0.15) is 20.3 Å². The largest absolute Gasteiger partial charge is 0.378 e. The van der Waals surface area contributed by atoms with Gasteiger partial charge >= 0.3 is 0 Å². The monoisotopic (exact) mass is 352 g/mol. The van der Waals surface area contributed by atoms with Gasteiger partial charge in [0.15, 0.2) is 5.16 Å². The van der Waals surface area contributed by atoms with E-state index in [0.29, 0.717) is 26.2 Å². The predicted octanol–water partition coefficient (Wildman–Crippen LogP) is 0.987. The average molecular weight is 352 g/mol. The van der Waals surface area contributed by atoms with E-state index in [4.69, 9.17) is 10.00 Å². The fourth-order valence-electron chi connectivity index (χ4n) is 2.49. The number of morpholine rings is 1. The topological polar surface area (TPSA) is 87.3 Å². The van der Waals surface area contributed by atoms with Crippen LogP contribution >= 0.6 is 11.8 Å². The van der Waals surface area contributed by atoms with Crippen LogP contribution in [0.3, 0.4) is 0 Å². The van der Waals surface area contributed by atoms with Crippen LogP contribution in [0.15, 0.2) is 5.16 Å². The van der Waals surface area contributed by atoms with Crippen molar-refractivity contribution in [3.63, 3.8) is 0 Å². The Morgan fingerprint density at radius 3 is 2.79 bits per heavy atom. The molecule has 0 bridgehead atoms. The molecule has 0 saturated carbocycles. The minimum atomic E-state index is -0.277. The first-order valence-corrected chi connectivity index (χ1v) is 9.01. The summed E-state index contributed by atoms with van der Waals surface area (Å²) in [5, 5.41) is 17.7. The van der Waals surface area contributed by atoms with Crippen molar-refractivity contribution in [3.05, 3.63) is 0 Å². The molecule has 1 fully saturated rings. The molecule has 2 rings (SSSR count). The molecule has 0 unspecified atom stereocenters. The molecule has 9 heteroatoms. The Morgan fingerprint density at radius 2 is 2.17 bits per heavy atom. The van der Waals surface area contributed by atoms with Crippen LogP contribution in [0, 0.1) is 11.3 Å². The maximum atomic E-state index is 12.4. The van der Waals surface area contributed by atoms with Gasteiger partial charge in [0.25, 0.3) is 0 Å². The molecular formula is C15H24N6O2S. The molecule has 132 valence electrons. The van der Waals surface area contributed by atoms with E-state index in [1.54, 1.807) is 11.9 Å². The maximum Gasteiger partial charge on any atom is 0.235 e. The highest BCUT2D eigenvalue weighted by Crippen LogP contribution is 2.26. The number of hydrogen-bond donors (Lipinski definition) is 0. The first-order chi connectivity index (χ1) is 11.6. The third-order valence-corrected chi connectivity index (χ3v) is 4.94. The number of aromatic nitrogens is 3. The average Bonchev–Trinajstić information content (AvgIpc) is 3.02. The van der Waals surface area contributed by atoms with Crippen molar-refractivity contribution in [2.24, 2.45) is 0 Å². The molecule has 2 heterocycles. The summed E-state index contributed by atoms with van der Waals surface area (Å²) in [7, 11) is 1.72. The van der Waals surface area contributed by atoms with E-state index in [1.807, 2.05) is 18.4 Å². The third-order valence-electron chi connectivity index (χ3n) is 3.87. The lowest BCUT2D eigenvalue weighted by atomic mass is 10.3. The summed E-state index contributed by atoms with van der Waals surface area (Å²) in [4.78, 5) is 16.1. The van der Waals surface area contributed by atoms with Crippen LogP contribution in [0.4, 0.5) is 5.95 Å². The molecule has 0 aromatic carbocycles. The zero-order valence-electron chi connectivity index (χ0n) is 14.4. The van der Waals surface area contributed by atoms with Gasteiger partial charge < -0.3 is 14.5 Å². The summed E-state index contributed by atoms with van der Waals surface area (Å²) < 4.78 is 7.42. The number of carbonyl (C=O) groups is 1. The fourth-order valence-corrected chi connectivity index (χ4v) is 3.51. The molecule has 0 N–H and O–H groups in total. The van der Waals surface area contributed by atoms with Crippen LogP contribution in [-0.2, 0) is 16.1 Å². The van der Waals surface area contributed by atoms with Crippen molar-refractivity contribution in [1.29, 1.82) is 5.26 Å². The van der Waals surface area contributed by atoms with Crippen LogP contribution in [0.5, 0.6) is 0 Å². The molecule has 1 aromatic rings.